The smallest absolute Gasteiger partial charge is 0.147 e. The summed E-state index contributed by atoms with van der Waals surface area (Å²) < 4.78 is 5.61. The monoisotopic (exact) mass is 398 g/mol. The summed E-state index contributed by atoms with van der Waals surface area (Å²) in [6, 6.07) is 16.0. The minimum Gasteiger partial charge on any atom is -0.505 e. The minimum absolute atomic E-state index is 0.109. The van der Waals surface area contributed by atoms with Crippen LogP contribution in [0.25, 0.3) is 10.9 Å². The fourth-order valence-electron chi connectivity index (χ4n) is 3.08. The molecule has 0 saturated heterocycles. The van der Waals surface area contributed by atoms with E-state index in [9.17, 15) is 5.11 Å². The Morgan fingerprint density at radius 1 is 1.04 bits per heavy atom. The third kappa shape index (κ3) is 3.59. The number of anilines is 1. The standard InChI is InChI=1S/C21H16Cl2N2O2/c1-12-4-5-13-6-7-17(21(26)19(13)24-12)20(18-3-2-8-27-18)25-16-10-14(22)9-15(23)11-16/h2-11,20,25-26H,1H3. The van der Waals surface area contributed by atoms with E-state index in [-0.39, 0.29) is 5.75 Å². The second-order valence-electron chi connectivity index (χ2n) is 6.28. The van der Waals surface area contributed by atoms with Crippen LogP contribution < -0.4 is 5.32 Å². The Kier molecular flexibility index (Phi) is 4.68. The summed E-state index contributed by atoms with van der Waals surface area (Å²) in [6.07, 6.45) is 1.59. The van der Waals surface area contributed by atoms with Gasteiger partial charge in [0.25, 0.3) is 0 Å². The second-order valence-corrected chi connectivity index (χ2v) is 7.15. The topological polar surface area (TPSA) is 58.3 Å². The number of hydrogen-bond donors (Lipinski definition) is 2. The van der Waals surface area contributed by atoms with Crippen LogP contribution in [0.3, 0.4) is 0 Å². The summed E-state index contributed by atoms with van der Waals surface area (Å²) in [7, 11) is 0. The third-order valence-corrected chi connectivity index (χ3v) is 4.75. The SMILES string of the molecule is Cc1ccc2ccc(C(Nc3cc(Cl)cc(Cl)c3)c3ccco3)c(O)c2n1. The van der Waals surface area contributed by atoms with E-state index in [0.717, 1.165) is 11.1 Å². The predicted molar refractivity (Wildman–Crippen MR) is 109 cm³/mol. The van der Waals surface area contributed by atoms with Gasteiger partial charge in [-0.3, -0.25) is 0 Å². The maximum Gasteiger partial charge on any atom is 0.147 e. The molecule has 0 radical (unpaired) electrons. The largest absolute Gasteiger partial charge is 0.505 e. The number of nitrogens with one attached hydrogen (secondary N) is 1. The van der Waals surface area contributed by atoms with Gasteiger partial charge in [0.2, 0.25) is 0 Å². The van der Waals surface area contributed by atoms with Crippen LogP contribution in [0, 0.1) is 6.92 Å². The van der Waals surface area contributed by atoms with Crippen molar-refractivity contribution >= 4 is 39.8 Å². The minimum atomic E-state index is -0.443. The molecular formula is C21H16Cl2N2O2. The zero-order chi connectivity index (χ0) is 19.0. The third-order valence-electron chi connectivity index (χ3n) is 4.32. The summed E-state index contributed by atoms with van der Waals surface area (Å²) in [5.74, 6) is 0.756. The molecule has 4 rings (SSSR count). The van der Waals surface area contributed by atoms with Crippen molar-refractivity contribution in [3.8, 4) is 5.75 Å². The van der Waals surface area contributed by atoms with Gasteiger partial charge in [0.1, 0.15) is 23.1 Å². The molecule has 0 fully saturated rings. The molecule has 6 heteroatoms. The van der Waals surface area contributed by atoms with Crippen molar-refractivity contribution in [2.75, 3.05) is 5.32 Å². The molecule has 0 aliphatic carbocycles. The lowest BCUT2D eigenvalue weighted by atomic mass is 10.00. The van der Waals surface area contributed by atoms with E-state index in [1.54, 1.807) is 30.5 Å². The van der Waals surface area contributed by atoms with Crippen molar-refractivity contribution in [2.45, 2.75) is 13.0 Å². The number of rotatable bonds is 4. The number of fused-ring (bicyclic) bond motifs is 1. The van der Waals surface area contributed by atoms with Crippen LogP contribution in [0.1, 0.15) is 23.1 Å². The number of nitrogens with zero attached hydrogens (tertiary/aromatic N) is 1. The Bertz CT molecular complexity index is 1090. The van der Waals surface area contributed by atoms with Gasteiger partial charge in [-0.05, 0) is 43.3 Å². The molecule has 1 atom stereocenters. The van der Waals surface area contributed by atoms with E-state index >= 15 is 0 Å². The van der Waals surface area contributed by atoms with Crippen LogP contribution >= 0.6 is 23.2 Å². The molecule has 2 heterocycles. The Hall–Kier alpha value is -2.69. The molecule has 0 bridgehead atoms. The van der Waals surface area contributed by atoms with Gasteiger partial charge in [-0.15, -0.1) is 0 Å². The highest BCUT2D eigenvalue weighted by molar-refractivity contribution is 6.35. The van der Waals surface area contributed by atoms with Gasteiger partial charge in [-0.25, -0.2) is 4.98 Å². The van der Waals surface area contributed by atoms with E-state index in [2.05, 4.69) is 10.3 Å². The highest BCUT2D eigenvalue weighted by atomic mass is 35.5. The van der Waals surface area contributed by atoms with Crippen molar-refractivity contribution in [1.82, 2.24) is 4.98 Å². The van der Waals surface area contributed by atoms with Gasteiger partial charge >= 0.3 is 0 Å². The number of aromatic hydroxyl groups is 1. The summed E-state index contributed by atoms with van der Waals surface area (Å²) in [5.41, 5.74) is 2.74. The van der Waals surface area contributed by atoms with Crippen molar-refractivity contribution < 1.29 is 9.52 Å². The first kappa shape index (κ1) is 17.7. The average molecular weight is 399 g/mol. The second kappa shape index (κ2) is 7.14. The summed E-state index contributed by atoms with van der Waals surface area (Å²) >= 11 is 12.2. The molecule has 2 aromatic heterocycles. The van der Waals surface area contributed by atoms with Crippen LogP contribution in [0.15, 0.2) is 65.3 Å². The van der Waals surface area contributed by atoms with E-state index in [1.165, 1.54) is 0 Å². The van der Waals surface area contributed by atoms with E-state index < -0.39 is 6.04 Å². The summed E-state index contributed by atoms with van der Waals surface area (Å²) in [5, 5.41) is 16.2. The average Bonchev–Trinajstić information content (AvgIpc) is 3.14. The first-order valence-electron chi connectivity index (χ1n) is 8.36. The number of hydrogen-bond acceptors (Lipinski definition) is 4. The normalized spacial score (nSPS) is 12.3. The fraction of sp³-hybridized carbons (Fsp3) is 0.0952. The van der Waals surface area contributed by atoms with Gasteiger partial charge < -0.3 is 14.8 Å². The lowest BCUT2D eigenvalue weighted by molar-refractivity contribution is 0.458. The van der Waals surface area contributed by atoms with Crippen molar-refractivity contribution in [3.05, 3.63) is 87.9 Å². The van der Waals surface area contributed by atoms with Crippen LogP contribution in [0.2, 0.25) is 10.0 Å². The van der Waals surface area contributed by atoms with Crippen molar-refractivity contribution in [2.24, 2.45) is 0 Å². The zero-order valence-corrected chi connectivity index (χ0v) is 15.9. The summed E-state index contributed by atoms with van der Waals surface area (Å²) in [4.78, 5) is 4.48. The van der Waals surface area contributed by atoms with Crippen molar-refractivity contribution in [1.29, 1.82) is 0 Å². The highest BCUT2D eigenvalue weighted by Crippen LogP contribution is 2.37. The molecule has 136 valence electrons. The molecule has 0 aliphatic heterocycles. The molecule has 4 nitrogen and oxygen atoms in total. The van der Waals surface area contributed by atoms with Crippen LogP contribution in [-0.2, 0) is 0 Å². The van der Waals surface area contributed by atoms with E-state index in [4.69, 9.17) is 27.6 Å². The number of furan rings is 1. The number of benzene rings is 2. The molecule has 0 aliphatic rings. The maximum atomic E-state index is 10.9. The molecule has 1 unspecified atom stereocenters. The number of aromatic nitrogens is 1. The molecule has 4 aromatic rings. The molecule has 0 amide bonds. The quantitative estimate of drug-likeness (QED) is 0.420. The Balaban J connectivity index is 1.84. The Labute approximate surface area is 166 Å². The molecule has 27 heavy (non-hydrogen) atoms. The number of halogens is 2. The first-order valence-corrected chi connectivity index (χ1v) is 9.12. The lowest BCUT2D eigenvalue weighted by Gasteiger charge is -2.20. The predicted octanol–water partition coefficient (Wildman–Crippen LogP) is 6.35. The zero-order valence-electron chi connectivity index (χ0n) is 14.4. The molecule has 0 saturated carbocycles. The molecule has 2 N–H and O–H groups in total. The van der Waals surface area contributed by atoms with Gasteiger partial charge in [0.15, 0.2) is 0 Å². The van der Waals surface area contributed by atoms with Crippen molar-refractivity contribution in [3.63, 3.8) is 0 Å². The van der Waals surface area contributed by atoms with E-state index in [0.29, 0.717) is 32.6 Å². The Morgan fingerprint density at radius 3 is 2.48 bits per heavy atom. The highest BCUT2D eigenvalue weighted by Gasteiger charge is 2.22. The number of aryl methyl sites for hydroxylation is 1. The maximum absolute atomic E-state index is 10.9. The Morgan fingerprint density at radius 2 is 1.78 bits per heavy atom. The molecule has 0 spiro atoms. The summed E-state index contributed by atoms with van der Waals surface area (Å²) in [6.45, 7) is 1.89. The fourth-order valence-corrected chi connectivity index (χ4v) is 3.61. The van der Waals surface area contributed by atoms with Gasteiger partial charge in [-0.2, -0.15) is 0 Å². The number of pyridine rings is 1. The van der Waals surface area contributed by atoms with Gasteiger partial charge in [-0.1, -0.05) is 41.4 Å². The number of phenolic OH excluding ortho intramolecular Hbond substituents is 1. The van der Waals surface area contributed by atoms with Gasteiger partial charge in [0.05, 0.1) is 6.26 Å². The van der Waals surface area contributed by atoms with Crippen LogP contribution in [0.5, 0.6) is 5.75 Å². The number of phenols is 1. The lowest BCUT2D eigenvalue weighted by Crippen LogP contribution is -2.12. The van der Waals surface area contributed by atoms with Crippen LogP contribution in [0.4, 0.5) is 5.69 Å². The van der Waals surface area contributed by atoms with Gasteiger partial charge in [0, 0.05) is 32.4 Å². The van der Waals surface area contributed by atoms with Crippen LogP contribution in [-0.4, -0.2) is 10.1 Å². The first-order chi connectivity index (χ1) is 13.0. The molecular weight excluding hydrogens is 383 g/mol. The molecule has 2 aromatic carbocycles. The van der Waals surface area contributed by atoms with E-state index in [1.807, 2.05) is 37.3 Å².